The Morgan fingerprint density at radius 2 is 1.59 bits per heavy atom. The number of hydrogen-bond acceptors (Lipinski definition) is 8. The first-order chi connectivity index (χ1) is 21.4. The van der Waals surface area contributed by atoms with Gasteiger partial charge in [0, 0.05) is 34.3 Å². The van der Waals surface area contributed by atoms with Gasteiger partial charge in [-0.15, -0.1) is 0 Å². The number of carbonyl (C=O) groups excluding carboxylic acids is 4. The van der Waals surface area contributed by atoms with Crippen LogP contribution >= 0.6 is 0 Å². The molecule has 0 radical (unpaired) electrons. The second-order valence-corrected chi connectivity index (χ2v) is 14.7. The summed E-state index contributed by atoms with van der Waals surface area (Å²) in [6.07, 6.45) is 2.44. The number of benzene rings is 2. The fourth-order valence-corrected chi connectivity index (χ4v) is 8.64. The summed E-state index contributed by atoms with van der Waals surface area (Å²) in [5.41, 5.74) is -3.40. The molecule has 0 spiro atoms. The molecule has 2 aromatic carbocycles. The van der Waals surface area contributed by atoms with E-state index in [1.54, 1.807) is 45.9 Å². The van der Waals surface area contributed by atoms with Gasteiger partial charge in [-0.25, -0.2) is 0 Å². The lowest BCUT2D eigenvalue weighted by Crippen LogP contribution is -2.69. The summed E-state index contributed by atoms with van der Waals surface area (Å²) in [4.78, 5) is 53.6. The molecule has 8 heteroatoms. The summed E-state index contributed by atoms with van der Waals surface area (Å²) >= 11 is 0. The van der Waals surface area contributed by atoms with Crippen LogP contribution in [0.2, 0.25) is 0 Å². The number of Topliss-reactive ketones (excluding diaryl/α,β-unsaturated/α-hetero) is 4. The topological polar surface area (TPSA) is 149 Å². The predicted octanol–water partition coefficient (Wildman–Crippen LogP) is 6.87. The van der Waals surface area contributed by atoms with E-state index in [0.29, 0.717) is 29.0 Å². The third-order valence-corrected chi connectivity index (χ3v) is 10.6. The fourth-order valence-electron chi connectivity index (χ4n) is 8.64. The van der Waals surface area contributed by atoms with Gasteiger partial charge in [0.2, 0.25) is 5.78 Å². The largest absolute Gasteiger partial charge is 0.508 e. The van der Waals surface area contributed by atoms with Crippen LogP contribution in [0.3, 0.4) is 0 Å². The quantitative estimate of drug-likeness (QED) is 0.183. The molecule has 46 heavy (non-hydrogen) atoms. The van der Waals surface area contributed by atoms with Crippen LogP contribution in [0, 0.1) is 28.6 Å². The average molecular weight is 629 g/mol. The first-order valence-electron chi connectivity index (χ1n) is 16.1. The van der Waals surface area contributed by atoms with Crippen LogP contribution in [-0.4, -0.2) is 49.2 Å². The standard InChI is InChI=1S/C38H44O8/c1-19(2)9-8-10-26(40)23-13-11-22(12-14-23)24-15-16-27(41)29-25(24)17-36(6)18-37(7)30(20(3)4)32(42)28(21(5)39)34(44)38(37,46)35(45)31(36)33(29)43/h11-16,19-20,30,41,43-44,46H,8-10,17-18H2,1-7H3/t30?,36-,37-,38+/m1/s1. The maximum absolute atomic E-state index is 14.5. The molecule has 3 aliphatic rings. The Morgan fingerprint density at radius 3 is 2.15 bits per heavy atom. The lowest BCUT2D eigenvalue weighted by atomic mass is 9.43. The number of aliphatic hydroxyl groups excluding tert-OH is 2. The van der Waals surface area contributed by atoms with Crippen molar-refractivity contribution in [3.8, 4) is 16.9 Å². The number of fused-ring (bicyclic) bond motifs is 3. The number of allylic oxidation sites excluding steroid dienone is 1. The molecule has 5 rings (SSSR count). The van der Waals surface area contributed by atoms with Gasteiger partial charge in [0.15, 0.2) is 23.0 Å². The minimum absolute atomic E-state index is 0.0177. The van der Waals surface area contributed by atoms with Gasteiger partial charge in [0.1, 0.15) is 22.8 Å². The van der Waals surface area contributed by atoms with Crippen LogP contribution in [0.5, 0.6) is 5.75 Å². The Kier molecular flexibility index (Phi) is 8.21. The van der Waals surface area contributed by atoms with E-state index in [9.17, 15) is 39.6 Å². The molecule has 3 aliphatic carbocycles. The highest BCUT2D eigenvalue weighted by molar-refractivity contribution is 6.24. The van der Waals surface area contributed by atoms with Crippen LogP contribution in [-0.2, 0) is 20.8 Å². The molecule has 0 aromatic heterocycles. The summed E-state index contributed by atoms with van der Waals surface area (Å²) in [5, 5.41) is 46.3. The van der Waals surface area contributed by atoms with Gasteiger partial charge in [0.25, 0.3) is 0 Å². The molecule has 1 fully saturated rings. The zero-order valence-electron chi connectivity index (χ0n) is 27.7. The molecule has 1 saturated carbocycles. The summed E-state index contributed by atoms with van der Waals surface area (Å²) in [7, 11) is 0. The molecule has 2 aromatic rings. The van der Waals surface area contributed by atoms with E-state index in [1.165, 1.54) is 6.07 Å². The van der Waals surface area contributed by atoms with Crippen molar-refractivity contribution in [1.29, 1.82) is 0 Å². The number of hydrogen-bond donors (Lipinski definition) is 4. The molecule has 1 unspecified atom stereocenters. The van der Waals surface area contributed by atoms with E-state index in [2.05, 4.69) is 13.8 Å². The normalized spacial score (nSPS) is 27.6. The number of phenols is 1. The van der Waals surface area contributed by atoms with E-state index in [0.717, 1.165) is 25.3 Å². The van der Waals surface area contributed by atoms with Crippen molar-refractivity contribution in [3.63, 3.8) is 0 Å². The van der Waals surface area contributed by atoms with Gasteiger partial charge < -0.3 is 20.4 Å². The summed E-state index contributed by atoms with van der Waals surface area (Å²) in [5.74, 6) is -4.94. The molecule has 4 atom stereocenters. The maximum atomic E-state index is 14.5. The number of ketones is 4. The minimum atomic E-state index is -2.65. The molecule has 0 saturated heterocycles. The molecular formula is C38H44O8. The SMILES string of the molecule is CC(=O)C1=C(O)[C@]2(O)C(=O)C3=C(O)c4c(O)ccc(-c5ccc(C(=O)CCCC(C)C)cc5)c4C[C@]3(C)C[C@]2(C)C(C(C)C)C1=O. The maximum Gasteiger partial charge on any atom is 0.203 e. The fraction of sp³-hybridized carbons (Fsp3) is 0.474. The average Bonchev–Trinajstić information content (AvgIpc) is 2.94. The highest BCUT2D eigenvalue weighted by Gasteiger charge is 2.72. The number of rotatable bonds is 8. The van der Waals surface area contributed by atoms with Crippen LogP contribution in [0.1, 0.15) is 95.6 Å². The van der Waals surface area contributed by atoms with Crippen molar-refractivity contribution in [3.05, 3.63) is 70.0 Å². The zero-order valence-corrected chi connectivity index (χ0v) is 27.7. The van der Waals surface area contributed by atoms with Gasteiger partial charge in [-0.2, -0.15) is 0 Å². The summed E-state index contributed by atoms with van der Waals surface area (Å²) in [6.45, 7) is 12.3. The smallest absolute Gasteiger partial charge is 0.203 e. The number of aliphatic hydroxyl groups is 3. The minimum Gasteiger partial charge on any atom is -0.508 e. The van der Waals surface area contributed by atoms with Crippen molar-refractivity contribution >= 4 is 28.9 Å². The molecule has 244 valence electrons. The van der Waals surface area contributed by atoms with Crippen molar-refractivity contribution in [2.45, 2.75) is 86.2 Å². The Balaban J connectivity index is 1.65. The van der Waals surface area contributed by atoms with Crippen LogP contribution in [0.15, 0.2) is 53.3 Å². The van der Waals surface area contributed by atoms with Crippen molar-refractivity contribution in [2.24, 2.45) is 28.6 Å². The molecular weight excluding hydrogens is 584 g/mol. The van der Waals surface area contributed by atoms with Crippen molar-refractivity contribution in [2.75, 3.05) is 0 Å². The predicted molar refractivity (Wildman–Crippen MR) is 174 cm³/mol. The van der Waals surface area contributed by atoms with Gasteiger partial charge in [-0.3, -0.25) is 19.2 Å². The van der Waals surface area contributed by atoms with E-state index in [4.69, 9.17) is 0 Å². The monoisotopic (exact) mass is 628 g/mol. The second kappa shape index (κ2) is 11.3. The molecule has 4 N–H and O–H groups in total. The van der Waals surface area contributed by atoms with Crippen LogP contribution in [0.25, 0.3) is 16.9 Å². The third-order valence-electron chi connectivity index (χ3n) is 10.6. The Hall–Kier alpha value is -4.04. The zero-order chi connectivity index (χ0) is 34.1. The van der Waals surface area contributed by atoms with Crippen molar-refractivity contribution < 1.29 is 39.6 Å². The molecule has 0 bridgehead atoms. The van der Waals surface area contributed by atoms with Gasteiger partial charge in [0.05, 0.1) is 5.56 Å². The lowest BCUT2D eigenvalue weighted by Gasteiger charge is -2.59. The number of phenolic OH excluding ortho intramolecular Hbond substituents is 1. The molecule has 8 nitrogen and oxygen atoms in total. The van der Waals surface area contributed by atoms with E-state index < -0.39 is 62.7 Å². The second-order valence-electron chi connectivity index (χ2n) is 14.7. The van der Waals surface area contributed by atoms with E-state index in [1.807, 2.05) is 12.1 Å². The Bertz CT molecular complexity index is 1730. The van der Waals surface area contributed by atoms with Gasteiger partial charge in [-0.05, 0) is 60.8 Å². The Morgan fingerprint density at radius 1 is 0.957 bits per heavy atom. The van der Waals surface area contributed by atoms with Gasteiger partial charge in [-0.1, -0.05) is 78.3 Å². The van der Waals surface area contributed by atoms with Gasteiger partial charge >= 0.3 is 0 Å². The Labute approximate surface area is 269 Å². The molecule has 0 heterocycles. The number of carbonyl (C=O) groups is 4. The van der Waals surface area contributed by atoms with Crippen LogP contribution in [0.4, 0.5) is 0 Å². The molecule has 0 amide bonds. The first kappa shape index (κ1) is 33.3. The molecule has 0 aliphatic heterocycles. The first-order valence-corrected chi connectivity index (χ1v) is 16.1. The number of aromatic hydroxyl groups is 1. The van der Waals surface area contributed by atoms with Crippen molar-refractivity contribution in [1.82, 2.24) is 0 Å². The highest BCUT2D eigenvalue weighted by Crippen LogP contribution is 2.65. The van der Waals surface area contributed by atoms with E-state index >= 15 is 0 Å². The summed E-state index contributed by atoms with van der Waals surface area (Å²) in [6, 6.07) is 10.3. The van der Waals surface area contributed by atoms with Crippen LogP contribution < -0.4 is 0 Å². The lowest BCUT2D eigenvalue weighted by molar-refractivity contribution is -0.178. The summed E-state index contributed by atoms with van der Waals surface area (Å²) < 4.78 is 0. The third kappa shape index (κ3) is 4.75. The van der Waals surface area contributed by atoms with E-state index in [-0.39, 0.29) is 35.5 Å². The highest BCUT2D eigenvalue weighted by atomic mass is 16.3.